The minimum Gasteiger partial charge on any atom is -0.462 e. The first-order valence-corrected chi connectivity index (χ1v) is 53.7. The maximum absolute atomic E-state index is 15.3. The van der Waals surface area contributed by atoms with Gasteiger partial charge in [0.1, 0.15) is 48.7 Å². The number of esters is 4. The zero-order valence-electron chi connectivity index (χ0n) is 80.3. The first-order valence-electron chi connectivity index (χ1n) is 51.2. The summed E-state index contributed by atoms with van der Waals surface area (Å²) < 4.78 is 93.7. The normalized spacial score (nSPS) is 20.5. The Morgan fingerprint density at radius 3 is 1.05 bits per heavy atom. The third-order valence-electron chi connectivity index (χ3n) is 24.2. The van der Waals surface area contributed by atoms with Crippen LogP contribution in [0.5, 0.6) is 0 Å². The molecule has 30 heteroatoms. The van der Waals surface area contributed by atoms with Crippen LogP contribution in [0.15, 0.2) is 0 Å². The van der Waals surface area contributed by atoms with Crippen molar-refractivity contribution in [2.24, 2.45) is 0 Å². The molecule has 0 aromatic carbocycles. The molecule has 15 atom stereocenters. The van der Waals surface area contributed by atoms with Crippen LogP contribution >= 0.6 is 15.6 Å². The zero-order valence-corrected chi connectivity index (χ0v) is 81.1. The van der Waals surface area contributed by atoms with Crippen molar-refractivity contribution in [3.05, 3.63) is 0 Å². The van der Waals surface area contributed by atoms with Gasteiger partial charge in [0.2, 0.25) is 11.8 Å². The van der Waals surface area contributed by atoms with Crippen molar-refractivity contribution in [3.63, 3.8) is 0 Å². The highest BCUT2D eigenvalue weighted by atomic mass is 31.2. The molecule has 10 N–H and O–H groups in total. The monoisotopic (exact) mass is 1840 g/mol. The van der Waals surface area contributed by atoms with E-state index in [1.165, 1.54) is 57.8 Å². The fraction of sp³-hybridized carbons (Fsp3) is 0.938. The molecule has 2 fully saturated rings. The summed E-state index contributed by atoms with van der Waals surface area (Å²) in [6.07, 6.45) is 34.5. The first kappa shape index (κ1) is 117. The van der Waals surface area contributed by atoms with Gasteiger partial charge in [0, 0.05) is 12.8 Å². The second-order valence-corrected chi connectivity index (χ2v) is 38.4. The Kier molecular flexibility index (Phi) is 72.4. The zero-order chi connectivity index (χ0) is 93.4. The summed E-state index contributed by atoms with van der Waals surface area (Å²) in [7, 11) is -11.1. The van der Waals surface area contributed by atoms with E-state index in [1.807, 2.05) is 0 Å². The predicted octanol–water partition coefficient (Wildman–Crippen LogP) is 20.6. The number of hydrogen-bond acceptors (Lipinski definition) is 22. The average molecular weight is 1840 g/mol. The van der Waals surface area contributed by atoms with Crippen LogP contribution in [0, 0.1) is 0 Å². The van der Waals surface area contributed by atoms with Gasteiger partial charge < -0.3 is 88.5 Å². The number of ether oxygens (including phenoxy) is 8. The lowest BCUT2D eigenvalue weighted by Crippen LogP contribution is -2.68. The van der Waals surface area contributed by atoms with Crippen LogP contribution in [-0.2, 0) is 84.8 Å². The molecule has 2 amide bonds. The minimum atomic E-state index is -5.70. The van der Waals surface area contributed by atoms with E-state index in [0.717, 1.165) is 263 Å². The first-order chi connectivity index (χ1) is 61.2. The Morgan fingerprint density at radius 1 is 0.365 bits per heavy atom. The molecule has 0 spiro atoms. The molecule has 742 valence electrons. The summed E-state index contributed by atoms with van der Waals surface area (Å²) in [6, 6.07) is -3.68. The third-order valence-corrected chi connectivity index (χ3v) is 25.1. The van der Waals surface area contributed by atoms with Crippen molar-refractivity contribution in [1.82, 2.24) is 10.6 Å². The number of phosphoric ester groups is 2. The van der Waals surface area contributed by atoms with E-state index in [4.69, 9.17) is 43.8 Å². The van der Waals surface area contributed by atoms with Crippen LogP contribution in [0.2, 0.25) is 0 Å². The van der Waals surface area contributed by atoms with Gasteiger partial charge in [-0.1, -0.05) is 375 Å². The number of carbonyl (C=O) groups excluding carboxylic acids is 6. The van der Waals surface area contributed by atoms with Gasteiger partial charge in [-0.15, -0.1) is 0 Å². The van der Waals surface area contributed by atoms with E-state index < -0.39 is 189 Å². The molecule has 0 bridgehead atoms. The van der Waals surface area contributed by atoms with Crippen LogP contribution in [0.1, 0.15) is 467 Å². The number of hydrogen-bond donors (Lipinski definition) is 10. The molecule has 2 heterocycles. The SMILES string of the molecule is [3H]C(CO[C@H]1O[C@H](CO[C@@H]2O[C@H](CO)[C@@H](OP(=O)(O)O)[C@H](OC(=O)C[C@@H](CCCCCCCCCCC)OC(=O)CCCCCCCCCCCCC)[C@H]2NC(=O)C[C@@H](CCCCCCCCCCC)OC(=O)CCCCCCCCCCC)[C@@H](O)[C@H](OC(=O)C[C@H](O)CCCCCCCCCCC)[C@H]1NC(=O)C[C@H](O)CCCCCCCCCCC)OP(=O)(O)O. The van der Waals surface area contributed by atoms with Crippen molar-refractivity contribution in [1.29, 1.82) is 0 Å². The van der Waals surface area contributed by atoms with E-state index in [9.17, 15) is 68.3 Å². The Balaban J connectivity index is 2.91. The van der Waals surface area contributed by atoms with E-state index in [-0.39, 0.29) is 38.5 Å². The Morgan fingerprint density at radius 2 is 0.675 bits per heavy atom. The summed E-state index contributed by atoms with van der Waals surface area (Å²) >= 11 is 0. The molecule has 28 nitrogen and oxygen atoms in total. The topological polar surface area (TPSA) is 415 Å². The Hall–Kier alpha value is -3.28. The summed E-state index contributed by atoms with van der Waals surface area (Å²) in [5.41, 5.74) is 0. The summed E-state index contributed by atoms with van der Waals surface area (Å²) in [6.45, 7) is 7.80. The number of aliphatic hydroxyl groups is 4. The largest absolute Gasteiger partial charge is 0.470 e. The lowest BCUT2D eigenvalue weighted by atomic mass is 9.95. The van der Waals surface area contributed by atoms with E-state index in [1.54, 1.807) is 0 Å². The summed E-state index contributed by atoms with van der Waals surface area (Å²) in [5, 5.41) is 52.1. The second-order valence-electron chi connectivity index (χ2n) is 36.0. The Bertz CT molecular complexity index is 2810. The number of rotatable bonds is 87. The highest BCUT2D eigenvalue weighted by molar-refractivity contribution is 7.46. The van der Waals surface area contributed by atoms with E-state index in [2.05, 4.69) is 56.7 Å². The van der Waals surface area contributed by atoms with Gasteiger partial charge in [-0.2, -0.15) is 0 Å². The molecule has 2 rings (SSSR count). The highest BCUT2D eigenvalue weighted by Crippen LogP contribution is 2.43. The van der Waals surface area contributed by atoms with Crippen LogP contribution in [-0.4, -0.2) is 188 Å². The minimum absolute atomic E-state index is 0.0746. The predicted molar refractivity (Wildman–Crippen MR) is 491 cm³/mol. The number of amides is 2. The highest BCUT2D eigenvalue weighted by Gasteiger charge is 2.54. The molecule has 0 radical (unpaired) electrons. The van der Waals surface area contributed by atoms with Crippen molar-refractivity contribution >= 4 is 51.3 Å². The summed E-state index contributed by atoms with van der Waals surface area (Å²) in [5.74, 6) is -4.94. The molecule has 1 unspecified atom stereocenters. The quantitative estimate of drug-likeness (QED) is 0.0117. The van der Waals surface area contributed by atoms with Crippen LogP contribution in [0.3, 0.4) is 0 Å². The molecular formula is C96H182N2O26P2. The molecule has 0 aromatic heterocycles. The van der Waals surface area contributed by atoms with Gasteiger partial charge in [-0.05, 0) is 51.4 Å². The molecule has 2 aliphatic heterocycles. The molecule has 0 aromatic rings. The van der Waals surface area contributed by atoms with Gasteiger partial charge in [0.25, 0.3) is 0 Å². The van der Waals surface area contributed by atoms with Crippen molar-refractivity contribution < 1.29 is 126 Å². The third kappa shape index (κ3) is 63.8. The average Bonchev–Trinajstić information content (AvgIpc) is 0.779. The molecule has 2 saturated heterocycles. The fourth-order valence-electron chi connectivity index (χ4n) is 16.8. The van der Waals surface area contributed by atoms with Crippen LogP contribution in [0.4, 0.5) is 0 Å². The number of unbranched alkanes of at least 4 members (excludes halogenated alkanes) is 50. The number of phosphoric acid groups is 2. The smallest absolute Gasteiger partial charge is 0.462 e. The maximum Gasteiger partial charge on any atom is 0.470 e. The van der Waals surface area contributed by atoms with Crippen molar-refractivity contribution in [3.8, 4) is 0 Å². The van der Waals surface area contributed by atoms with E-state index >= 15 is 9.59 Å². The van der Waals surface area contributed by atoms with Gasteiger partial charge in [0.15, 0.2) is 24.8 Å². The van der Waals surface area contributed by atoms with Crippen molar-refractivity contribution in [2.75, 3.05) is 26.4 Å². The Labute approximate surface area is 761 Å². The fourth-order valence-corrected chi connectivity index (χ4v) is 17.6. The standard InChI is InChI=1S/C96H182N2O26P2/c1-7-13-19-25-31-37-38-44-50-56-62-68-86(105)119-80(66-60-54-48-42-35-29-23-17-11-5)74-88(107)123-94-90(98-84(103)73-79(65-59-53-47-41-34-28-22-16-10-4)118-85(104)67-61-55-49-43-36-30-24-18-12-6)96(120-81(75-99)92(94)124-126(112,113)114)116-76-82-91(108)93(122-87(106)72-78(101)64-58-52-46-40-33-27-21-15-9-3)89(95(121-82)115-69-70-117-125(109,110)111)97-83(102)71-77(100)63-57-51-45-39-32-26-20-14-8-2/h77-82,89-96,99-101,108H,7-76H2,1-6H3,(H,97,102)(H,98,103)(H2,109,110,111)(H2,112,113,114)/t77-,78-,79-,80-,81-,82-,89-,90-,91-,92-,93-,94-,95+,96-/m1/s1/i70T/t70?,77-,78-,79-,80-,81-,82-,89-,90-,91-,92-,93-,94-,95+,96-. The number of nitrogens with one attached hydrogen (secondary N) is 2. The molecule has 126 heavy (non-hydrogen) atoms. The number of carbonyl (C=O) groups is 6. The molecule has 0 saturated carbocycles. The van der Waals surface area contributed by atoms with Crippen molar-refractivity contribution in [2.45, 2.75) is 551 Å². The van der Waals surface area contributed by atoms with Gasteiger partial charge in [-0.25, -0.2) is 9.13 Å². The van der Waals surface area contributed by atoms with Gasteiger partial charge in [0.05, 0.1) is 65.7 Å². The summed E-state index contributed by atoms with van der Waals surface area (Å²) in [4.78, 5) is 128. The van der Waals surface area contributed by atoms with Gasteiger partial charge in [-0.3, -0.25) is 37.8 Å². The van der Waals surface area contributed by atoms with Crippen LogP contribution < -0.4 is 10.6 Å². The van der Waals surface area contributed by atoms with Gasteiger partial charge >= 0.3 is 39.5 Å². The molecular weight excluding hydrogens is 1660 g/mol. The lowest BCUT2D eigenvalue weighted by molar-refractivity contribution is -0.305. The van der Waals surface area contributed by atoms with Crippen LogP contribution in [0.25, 0.3) is 0 Å². The number of aliphatic hydroxyl groups excluding tert-OH is 4. The second kappa shape index (κ2) is 78.1. The molecule has 2 aliphatic rings. The maximum atomic E-state index is 15.3. The molecule has 0 aliphatic carbocycles. The van der Waals surface area contributed by atoms with E-state index in [0.29, 0.717) is 38.5 Å². The lowest BCUT2D eigenvalue weighted by Gasteiger charge is -2.47.